The SMILES string of the molecule is Cc1cc(-c2cc(-c3ccc(C#N)cc3)c3ccccc3c2)cc2ccccc12. The Morgan fingerprint density at radius 1 is 0.586 bits per heavy atom. The van der Waals surface area contributed by atoms with Crippen molar-refractivity contribution in [1.29, 1.82) is 5.26 Å². The summed E-state index contributed by atoms with van der Waals surface area (Å²) in [5, 5.41) is 14.1. The van der Waals surface area contributed by atoms with E-state index in [1.54, 1.807) is 0 Å². The Morgan fingerprint density at radius 2 is 1.17 bits per heavy atom. The summed E-state index contributed by atoms with van der Waals surface area (Å²) in [5.41, 5.74) is 6.71. The largest absolute Gasteiger partial charge is 0.192 e. The van der Waals surface area contributed by atoms with Crippen LogP contribution in [-0.2, 0) is 0 Å². The summed E-state index contributed by atoms with van der Waals surface area (Å²) >= 11 is 0. The zero-order chi connectivity index (χ0) is 19.8. The second-order valence-corrected chi connectivity index (χ2v) is 7.45. The molecule has 0 unspecified atom stereocenters. The Balaban J connectivity index is 1.76. The molecule has 0 bridgehead atoms. The van der Waals surface area contributed by atoms with Gasteiger partial charge in [-0.25, -0.2) is 0 Å². The van der Waals surface area contributed by atoms with Gasteiger partial charge in [0.1, 0.15) is 0 Å². The lowest BCUT2D eigenvalue weighted by Crippen LogP contribution is -1.87. The normalized spacial score (nSPS) is 10.9. The Bertz CT molecular complexity index is 1400. The number of hydrogen-bond donors (Lipinski definition) is 0. The van der Waals surface area contributed by atoms with Gasteiger partial charge < -0.3 is 0 Å². The Morgan fingerprint density at radius 3 is 1.86 bits per heavy atom. The van der Waals surface area contributed by atoms with E-state index in [0.717, 1.165) is 5.56 Å². The average molecular weight is 369 g/mol. The molecule has 0 saturated heterocycles. The maximum Gasteiger partial charge on any atom is 0.0991 e. The molecule has 0 amide bonds. The lowest BCUT2D eigenvalue weighted by molar-refractivity contribution is 1.48. The predicted molar refractivity (Wildman–Crippen MR) is 122 cm³/mol. The number of nitrogens with zero attached hydrogens (tertiary/aromatic N) is 1. The van der Waals surface area contributed by atoms with E-state index in [0.29, 0.717) is 5.56 Å². The molecule has 5 aromatic rings. The molecule has 0 aliphatic heterocycles. The first-order valence-electron chi connectivity index (χ1n) is 9.76. The molecule has 0 aliphatic carbocycles. The molecule has 0 aromatic heterocycles. The summed E-state index contributed by atoms with van der Waals surface area (Å²) in [6.45, 7) is 2.18. The number of fused-ring (bicyclic) bond motifs is 2. The highest BCUT2D eigenvalue weighted by molar-refractivity contribution is 6.01. The summed E-state index contributed by atoms with van der Waals surface area (Å²) < 4.78 is 0. The summed E-state index contributed by atoms with van der Waals surface area (Å²) in [4.78, 5) is 0. The van der Waals surface area contributed by atoms with Gasteiger partial charge in [-0.15, -0.1) is 0 Å². The number of benzene rings is 5. The van der Waals surface area contributed by atoms with Crippen molar-refractivity contribution in [2.24, 2.45) is 0 Å². The third-order valence-electron chi connectivity index (χ3n) is 5.59. The summed E-state index contributed by atoms with van der Waals surface area (Å²) in [7, 11) is 0. The van der Waals surface area contributed by atoms with E-state index in [4.69, 9.17) is 5.26 Å². The summed E-state index contributed by atoms with van der Waals surface area (Å²) in [6, 6.07) is 36.2. The van der Waals surface area contributed by atoms with Crippen LogP contribution in [0, 0.1) is 18.3 Å². The number of rotatable bonds is 2. The maximum atomic E-state index is 9.13. The molecule has 0 aliphatic rings. The molecule has 5 aromatic carbocycles. The Labute approximate surface area is 170 Å². The molecule has 0 N–H and O–H groups in total. The first-order chi connectivity index (χ1) is 14.2. The van der Waals surface area contributed by atoms with Crippen molar-refractivity contribution in [2.75, 3.05) is 0 Å². The van der Waals surface area contributed by atoms with E-state index in [2.05, 4.69) is 85.8 Å². The molecule has 1 heteroatoms. The van der Waals surface area contributed by atoms with Crippen molar-refractivity contribution in [2.45, 2.75) is 6.92 Å². The van der Waals surface area contributed by atoms with E-state index in [1.807, 2.05) is 24.3 Å². The average Bonchev–Trinajstić information content (AvgIpc) is 2.78. The number of aryl methyl sites for hydroxylation is 1. The van der Waals surface area contributed by atoms with Crippen molar-refractivity contribution in [1.82, 2.24) is 0 Å². The topological polar surface area (TPSA) is 23.8 Å². The zero-order valence-electron chi connectivity index (χ0n) is 16.2. The van der Waals surface area contributed by atoms with Gasteiger partial charge in [0.2, 0.25) is 0 Å². The van der Waals surface area contributed by atoms with Gasteiger partial charge in [0, 0.05) is 0 Å². The highest BCUT2D eigenvalue weighted by atomic mass is 14.2. The molecule has 0 saturated carbocycles. The second kappa shape index (κ2) is 6.93. The standard InChI is InChI=1S/C28H19N/c1-19-14-24(15-22-6-2-4-8-26(19)22)25-16-23-7-3-5-9-27(23)28(17-25)21-12-10-20(18-29)11-13-21/h2-17H,1H3. The fourth-order valence-corrected chi connectivity index (χ4v) is 4.11. The Hall–Kier alpha value is -3.89. The van der Waals surface area contributed by atoms with Gasteiger partial charge in [-0.3, -0.25) is 0 Å². The van der Waals surface area contributed by atoms with E-state index in [-0.39, 0.29) is 0 Å². The third kappa shape index (κ3) is 3.06. The van der Waals surface area contributed by atoms with Crippen LogP contribution >= 0.6 is 0 Å². The molecule has 0 fully saturated rings. The highest BCUT2D eigenvalue weighted by Gasteiger charge is 2.10. The fraction of sp³-hybridized carbons (Fsp3) is 0.0357. The van der Waals surface area contributed by atoms with Gasteiger partial charge in [0.15, 0.2) is 0 Å². The number of hydrogen-bond acceptors (Lipinski definition) is 1. The minimum atomic E-state index is 0.680. The van der Waals surface area contributed by atoms with Crippen LogP contribution in [0.1, 0.15) is 11.1 Å². The zero-order valence-corrected chi connectivity index (χ0v) is 16.2. The summed E-state index contributed by atoms with van der Waals surface area (Å²) in [5.74, 6) is 0. The van der Waals surface area contributed by atoms with E-state index >= 15 is 0 Å². The smallest absolute Gasteiger partial charge is 0.0991 e. The monoisotopic (exact) mass is 369 g/mol. The molecule has 5 rings (SSSR count). The van der Waals surface area contributed by atoms with Crippen LogP contribution in [0.25, 0.3) is 43.8 Å². The first kappa shape index (κ1) is 17.2. The van der Waals surface area contributed by atoms with Crippen LogP contribution in [0.2, 0.25) is 0 Å². The van der Waals surface area contributed by atoms with E-state index < -0.39 is 0 Å². The van der Waals surface area contributed by atoms with Crippen molar-refractivity contribution in [3.05, 3.63) is 108 Å². The molecule has 0 radical (unpaired) electrons. The van der Waals surface area contributed by atoms with Gasteiger partial charge in [-0.05, 0) is 86.6 Å². The molecule has 0 heterocycles. The predicted octanol–water partition coefficient (Wildman–Crippen LogP) is 7.51. The highest BCUT2D eigenvalue weighted by Crippen LogP contribution is 2.36. The molecule has 0 spiro atoms. The van der Waals surface area contributed by atoms with Crippen LogP contribution in [-0.4, -0.2) is 0 Å². The van der Waals surface area contributed by atoms with Crippen LogP contribution in [0.15, 0.2) is 97.1 Å². The Kier molecular flexibility index (Phi) is 4.12. The minimum absolute atomic E-state index is 0.680. The lowest BCUT2D eigenvalue weighted by Gasteiger charge is -2.13. The van der Waals surface area contributed by atoms with Crippen LogP contribution in [0.5, 0.6) is 0 Å². The third-order valence-corrected chi connectivity index (χ3v) is 5.59. The molecule has 0 atom stereocenters. The van der Waals surface area contributed by atoms with Gasteiger partial charge in [0.05, 0.1) is 11.6 Å². The maximum absolute atomic E-state index is 9.13. The van der Waals surface area contributed by atoms with Crippen LogP contribution in [0.3, 0.4) is 0 Å². The summed E-state index contributed by atoms with van der Waals surface area (Å²) in [6.07, 6.45) is 0. The van der Waals surface area contributed by atoms with E-state index in [9.17, 15) is 0 Å². The first-order valence-corrected chi connectivity index (χ1v) is 9.76. The second-order valence-electron chi connectivity index (χ2n) is 7.45. The van der Waals surface area contributed by atoms with Crippen LogP contribution < -0.4 is 0 Å². The molecular formula is C28H19N. The van der Waals surface area contributed by atoms with Gasteiger partial charge in [0.25, 0.3) is 0 Å². The van der Waals surface area contributed by atoms with Gasteiger partial charge >= 0.3 is 0 Å². The minimum Gasteiger partial charge on any atom is -0.192 e. The van der Waals surface area contributed by atoms with Gasteiger partial charge in [-0.2, -0.15) is 5.26 Å². The fourth-order valence-electron chi connectivity index (χ4n) is 4.11. The van der Waals surface area contributed by atoms with E-state index in [1.165, 1.54) is 43.8 Å². The molecule has 1 nitrogen and oxygen atoms in total. The molecule has 29 heavy (non-hydrogen) atoms. The molecular weight excluding hydrogens is 350 g/mol. The van der Waals surface area contributed by atoms with Crippen LogP contribution in [0.4, 0.5) is 0 Å². The van der Waals surface area contributed by atoms with Crippen molar-refractivity contribution >= 4 is 21.5 Å². The van der Waals surface area contributed by atoms with Crippen molar-refractivity contribution in [3.63, 3.8) is 0 Å². The molecule has 136 valence electrons. The number of nitriles is 1. The lowest BCUT2D eigenvalue weighted by atomic mass is 9.91. The van der Waals surface area contributed by atoms with Gasteiger partial charge in [-0.1, -0.05) is 66.7 Å². The quantitative estimate of drug-likeness (QED) is 0.316. The van der Waals surface area contributed by atoms with Crippen molar-refractivity contribution in [3.8, 4) is 28.3 Å². The van der Waals surface area contributed by atoms with Crippen molar-refractivity contribution < 1.29 is 0 Å².